The number of rotatable bonds is 5. The molecule has 94 valence electrons. The molecule has 0 bridgehead atoms. The van der Waals surface area contributed by atoms with Crippen LogP contribution in [0.1, 0.15) is 18.4 Å². The van der Waals surface area contributed by atoms with E-state index >= 15 is 0 Å². The molecule has 0 aliphatic heterocycles. The van der Waals surface area contributed by atoms with E-state index in [2.05, 4.69) is 5.32 Å². The van der Waals surface area contributed by atoms with Crippen molar-refractivity contribution < 1.29 is 17.8 Å². The van der Waals surface area contributed by atoms with E-state index in [1.807, 2.05) is 0 Å². The van der Waals surface area contributed by atoms with Crippen LogP contribution in [0.3, 0.4) is 0 Å². The topological polar surface area (TPSA) is 86.3 Å². The first kappa shape index (κ1) is 17.9. The maximum atomic E-state index is 10.8. The summed E-state index contributed by atoms with van der Waals surface area (Å²) in [5, 5.41) is 2.52. The molecule has 1 N–H and O–H groups in total. The molecule has 0 radical (unpaired) electrons. The average Bonchev–Trinajstić information content (AvgIpc) is 2.24. The van der Waals surface area contributed by atoms with Gasteiger partial charge in [0.1, 0.15) is 0 Å². The van der Waals surface area contributed by atoms with Crippen molar-refractivity contribution >= 4 is 53.8 Å². The maximum Gasteiger partial charge on any atom is 2.00 e. The largest absolute Gasteiger partial charge is 2.00 e. The normalized spacial score (nSPS) is 12.3. The molecule has 1 unspecified atom stereocenters. The summed E-state index contributed by atoms with van der Waals surface area (Å²) in [4.78, 5) is 10.8. The van der Waals surface area contributed by atoms with E-state index in [9.17, 15) is 17.8 Å². The van der Waals surface area contributed by atoms with E-state index in [1.54, 1.807) is 30.3 Å². The van der Waals surface area contributed by atoms with Gasteiger partial charge in [0.15, 0.2) is 0 Å². The Bertz CT molecular complexity index is 475. The molecule has 0 aromatic heterocycles. The van der Waals surface area contributed by atoms with Gasteiger partial charge in [0, 0.05) is 25.1 Å². The zero-order valence-electron chi connectivity index (χ0n) is 10.1. The van der Waals surface area contributed by atoms with Crippen LogP contribution in [0.25, 0.3) is 0 Å². The molecule has 18 heavy (non-hydrogen) atoms. The predicted molar refractivity (Wildman–Crippen MR) is 68.2 cm³/mol. The van der Waals surface area contributed by atoms with Gasteiger partial charge >= 0.3 is 37.7 Å². The molecule has 5 nitrogen and oxygen atoms in total. The van der Waals surface area contributed by atoms with Crippen molar-refractivity contribution in [3.63, 3.8) is 0 Å². The molecule has 0 aliphatic carbocycles. The van der Waals surface area contributed by atoms with Crippen LogP contribution in [0.4, 0.5) is 0 Å². The Morgan fingerprint density at radius 2 is 1.89 bits per heavy atom. The maximum absolute atomic E-state index is 10.8. The monoisotopic (exact) mass is 296 g/mol. The van der Waals surface area contributed by atoms with Crippen LogP contribution >= 0.6 is 0 Å². The molecule has 1 amide bonds. The fourth-order valence-corrected chi connectivity index (χ4v) is 2.31. The molecule has 0 fully saturated rings. The molecular weight excluding hydrogens is 282 g/mol. The fraction of sp³-hybridized carbons (Fsp3) is 0.364. The third kappa shape index (κ3) is 7.33. The van der Waals surface area contributed by atoms with E-state index in [-0.39, 0.29) is 50.2 Å². The minimum Gasteiger partial charge on any atom is -0.748 e. The van der Waals surface area contributed by atoms with Gasteiger partial charge in [-0.25, -0.2) is 8.42 Å². The molecule has 0 aliphatic rings. The van der Waals surface area contributed by atoms with E-state index in [1.165, 1.54) is 6.92 Å². The quantitative estimate of drug-likeness (QED) is 0.615. The van der Waals surface area contributed by atoms with Crippen LogP contribution in [-0.2, 0) is 14.9 Å². The first-order valence-electron chi connectivity index (χ1n) is 5.11. The van der Waals surface area contributed by atoms with Gasteiger partial charge in [-0.1, -0.05) is 30.3 Å². The van der Waals surface area contributed by atoms with Crippen LogP contribution < -0.4 is 5.32 Å². The van der Waals surface area contributed by atoms with Crippen molar-refractivity contribution in [3.8, 4) is 0 Å². The van der Waals surface area contributed by atoms with Crippen LogP contribution in [0.2, 0.25) is 0 Å². The summed E-state index contributed by atoms with van der Waals surface area (Å²) in [6.45, 7) is 1.48. The predicted octanol–water partition coefficient (Wildman–Crippen LogP) is 0.0707. The standard InChI is InChI=1S/C11H15NO4S.Ca/c1-9(13)12-7-11(8-17(14,15)16)10-5-3-2-4-6-10;/h2-6,11H,7-8H2,1H3,(H,12,13)(H,14,15,16);/q;+2/p-1. The first-order chi connectivity index (χ1) is 7.88. The second-order valence-corrected chi connectivity index (χ2v) is 5.22. The van der Waals surface area contributed by atoms with E-state index in [0.717, 1.165) is 5.56 Å². The van der Waals surface area contributed by atoms with E-state index in [0.29, 0.717) is 0 Å². The average molecular weight is 296 g/mol. The van der Waals surface area contributed by atoms with Crippen LogP contribution in [0, 0.1) is 0 Å². The molecule has 1 rings (SSSR count). The van der Waals surface area contributed by atoms with E-state index < -0.39 is 21.8 Å². The zero-order chi connectivity index (χ0) is 12.9. The van der Waals surface area contributed by atoms with Crippen LogP contribution in [0.5, 0.6) is 0 Å². The van der Waals surface area contributed by atoms with Crippen LogP contribution in [0.15, 0.2) is 30.3 Å². The molecule has 1 aromatic rings. The number of nitrogens with one attached hydrogen (secondary N) is 1. The van der Waals surface area contributed by atoms with Crippen molar-refractivity contribution in [1.82, 2.24) is 5.32 Å². The van der Waals surface area contributed by atoms with Gasteiger partial charge in [-0.15, -0.1) is 0 Å². The number of carbonyl (C=O) groups excluding carboxylic acids is 1. The number of hydrogen-bond acceptors (Lipinski definition) is 4. The Balaban J connectivity index is 0.00000289. The van der Waals surface area contributed by atoms with Gasteiger partial charge in [0.05, 0.1) is 10.1 Å². The van der Waals surface area contributed by atoms with Gasteiger partial charge in [0.2, 0.25) is 5.91 Å². The second-order valence-electron chi connectivity index (χ2n) is 3.77. The summed E-state index contributed by atoms with van der Waals surface area (Å²) in [5.74, 6) is -1.28. The third-order valence-corrected chi connectivity index (χ3v) is 3.08. The minimum atomic E-state index is -4.32. The number of carbonyl (C=O) groups is 1. The molecule has 0 heterocycles. The van der Waals surface area contributed by atoms with Gasteiger partial charge in [-0.05, 0) is 5.56 Å². The van der Waals surface area contributed by atoms with Gasteiger partial charge in [0.25, 0.3) is 0 Å². The molecule has 7 heteroatoms. The Labute approximate surface area is 137 Å². The number of amides is 1. The van der Waals surface area contributed by atoms with E-state index in [4.69, 9.17) is 0 Å². The Hall–Kier alpha value is -0.140. The van der Waals surface area contributed by atoms with Crippen LogP contribution in [-0.4, -0.2) is 68.9 Å². The number of hydrogen-bond donors (Lipinski definition) is 1. The van der Waals surface area contributed by atoms with Crippen molar-refractivity contribution in [2.24, 2.45) is 0 Å². The second kappa shape index (κ2) is 8.12. The number of benzene rings is 1. The Kier molecular flexibility index (Phi) is 8.05. The van der Waals surface area contributed by atoms with Crippen molar-refractivity contribution in [2.75, 3.05) is 12.3 Å². The SMILES string of the molecule is CC(=O)NCC(CS(=O)(=O)[O-])c1ccccc1.[Ca+2]. The van der Waals surface area contributed by atoms with Crippen molar-refractivity contribution in [2.45, 2.75) is 12.8 Å². The summed E-state index contributed by atoms with van der Waals surface area (Å²) in [6, 6.07) is 8.78. The molecule has 0 saturated carbocycles. The molecule has 1 atom stereocenters. The smallest absolute Gasteiger partial charge is 0.748 e. The summed E-state index contributed by atoms with van der Waals surface area (Å²) in [7, 11) is -4.32. The van der Waals surface area contributed by atoms with Crippen molar-refractivity contribution in [3.05, 3.63) is 35.9 Å². The first-order valence-corrected chi connectivity index (χ1v) is 6.69. The summed E-state index contributed by atoms with van der Waals surface area (Å²) >= 11 is 0. The Morgan fingerprint density at radius 1 is 1.33 bits per heavy atom. The van der Waals surface area contributed by atoms with Crippen molar-refractivity contribution in [1.29, 1.82) is 0 Å². The van der Waals surface area contributed by atoms with Gasteiger partial charge in [-0.2, -0.15) is 0 Å². The minimum absolute atomic E-state index is 0. The van der Waals surface area contributed by atoms with Gasteiger partial charge < -0.3 is 9.87 Å². The molecule has 0 spiro atoms. The Morgan fingerprint density at radius 3 is 2.33 bits per heavy atom. The third-order valence-electron chi connectivity index (χ3n) is 2.27. The summed E-state index contributed by atoms with van der Waals surface area (Å²) < 4.78 is 32.4. The zero-order valence-corrected chi connectivity index (χ0v) is 13.2. The molecule has 0 saturated heterocycles. The fourth-order valence-electron chi connectivity index (χ4n) is 1.51. The summed E-state index contributed by atoms with van der Waals surface area (Å²) in [6.07, 6.45) is 0. The summed E-state index contributed by atoms with van der Waals surface area (Å²) in [5.41, 5.74) is 0.723. The molecule has 1 aromatic carbocycles. The van der Waals surface area contributed by atoms with Gasteiger partial charge in [-0.3, -0.25) is 4.79 Å². The molecular formula is C11H14CaNO4S+.